The van der Waals surface area contributed by atoms with E-state index in [1.807, 2.05) is 36.4 Å². The van der Waals surface area contributed by atoms with E-state index in [4.69, 9.17) is 18.9 Å². The smallest absolute Gasteiger partial charge is 0.407 e. The number of aliphatic hydroxyl groups excluding tert-OH is 1. The third kappa shape index (κ3) is 11.1. The lowest BCUT2D eigenvalue weighted by Crippen LogP contribution is -2.33. The number of benzene rings is 2. The molecule has 0 aromatic heterocycles. The van der Waals surface area contributed by atoms with Gasteiger partial charge in [-0.05, 0) is 50.4 Å². The molecule has 15 heteroatoms. The van der Waals surface area contributed by atoms with Crippen molar-refractivity contribution >= 4 is 23.7 Å². The number of non-ortho nitro benzene ring substituents is 1. The molecule has 2 atom stereocenters. The number of nitro benzene ring substituents is 1. The standard InChI is InChI=1S/C33H39N5O10/c1-22-28(29(23-10-8-11-24(18-23)38(43)44)30(31(40)45-2)27(19-34)37-22)32(41)46-16-6-7-17-47-33(42)36-15-9-14-35-20-25(39)21-48-26-12-4-3-5-13-26/h3-5,8,10-13,18,25,29,35,37,39H,6-7,9,14-17,20-21H2,1-2H3,(H,36,42). The minimum absolute atomic E-state index is 0.00459. The molecule has 0 spiro atoms. The molecule has 0 saturated carbocycles. The van der Waals surface area contributed by atoms with E-state index in [9.17, 15) is 34.9 Å². The Labute approximate surface area is 277 Å². The normalized spacial score (nSPS) is 14.7. The predicted molar refractivity (Wildman–Crippen MR) is 171 cm³/mol. The van der Waals surface area contributed by atoms with Crippen molar-refractivity contribution < 1.29 is 43.4 Å². The Morgan fingerprint density at radius 1 is 1.02 bits per heavy atom. The van der Waals surface area contributed by atoms with Crippen molar-refractivity contribution in [3.05, 3.63) is 92.8 Å². The number of carbonyl (C=O) groups excluding carboxylic acids is 3. The molecule has 4 N–H and O–H groups in total. The van der Waals surface area contributed by atoms with Gasteiger partial charge in [0.15, 0.2) is 0 Å². The number of hydrogen-bond donors (Lipinski definition) is 4. The first-order valence-electron chi connectivity index (χ1n) is 15.2. The Hall–Kier alpha value is -5.46. The van der Waals surface area contributed by atoms with E-state index in [0.29, 0.717) is 44.6 Å². The Morgan fingerprint density at radius 3 is 2.44 bits per heavy atom. The third-order valence-electron chi connectivity index (χ3n) is 7.08. The van der Waals surface area contributed by atoms with Crippen LogP contribution in [-0.4, -0.2) is 80.7 Å². The van der Waals surface area contributed by atoms with E-state index in [1.54, 1.807) is 0 Å². The summed E-state index contributed by atoms with van der Waals surface area (Å²) in [5.74, 6) is -2.16. The monoisotopic (exact) mass is 665 g/mol. The van der Waals surface area contributed by atoms with Crippen LogP contribution in [0.4, 0.5) is 10.5 Å². The lowest BCUT2D eigenvalue weighted by atomic mass is 9.80. The number of nitriles is 1. The summed E-state index contributed by atoms with van der Waals surface area (Å²) < 4.78 is 21.0. The number of para-hydroxylation sites is 1. The SMILES string of the molecule is COC(=O)C1=C(C#N)NC(C)=C(C(=O)OCCCCOC(=O)NCCCNCC(O)COc2ccccc2)C1c1cccc([N+](=O)[O-])c1. The first-order valence-corrected chi connectivity index (χ1v) is 15.2. The van der Waals surface area contributed by atoms with Crippen molar-refractivity contribution in [3.63, 3.8) is 0 Å². The maximum Gasteiger partial charge on any atom is 0.407 e. The second kappa shape index (κ2) is 19.3. The van der Waals surface area contributed by atoms with E-state index in [1.165, 1.54) is 31.2 Å². The molecule has 1 amide bonds. The van der Waals surface area contributed by atoms with Gasteiger partial charge in [-0.2, -0.15) is 5.26 Å². The lowest BCUT2D eigenvalue weighted by molar-refractivity contribution is -0.384. The van der Waals surface area contributed by atoms with Crippen LogP contribution < -0.4 is 20.7 Å². The third-order valence-corrected chi connectivity index (χ3v) is 7.08. The highest BCUT2D eigenvalue weighted by Crippen LogP contribution is 2.40. The molecule has 0 aliphatic carbocycles. The highest BCUT2D eigenvalue weighted by Gasteiger charge is 2.39. The molecule has 3 rings (SSSR count). The summed E-state index contributed by atoms with van der Waals surface area (Å²) in [5, 5.41) is 39.6. The second-order valence-electron chi connectivity index (χ2n) is 10.6. The summed E-state index contributed by atoms with van der Waals surface area (Å²) in [7, 11) is 1.12. The van der Waals surface area contributed by atoms with Gasteiger partial charge in [0.1, 0.15) is 30.2 Å². The molecule has 0 fully saturated rings. The van der Waals surface area contributed by atoms with E-state index in [2.05, 4.69) is 16.0 Å². The number of nitrogens with one attached hydrogen (secondary N) is 3. The summed E-state index contributed by atoms with van der Waals surface area (Å²) in [6, 6.07) is 16.5. The van der Waals surface area contributed by atoms with Crippen LogP contribution >= 0.6 is 0 Å². The fourth-order valence-corrected chi connectivity index (χ4v) is 4.77. The number of rotatable bonds is 18. The minimum Gasteiger partial charge on any atom is -0.491 e. The van der Waals surface area contributed by atoms with Gasteiger partial charge in [0, 0.05) is 30.9 Å². The molecule has 1 aliphatic heterocycles. The molecule has 1 heterocycles. The number of hydrogen-bond acceptors (Lipinski definition) is 13. The number of methoxy groups -OCH3 is 1. The number of unbranched alkanes of at least 4 members (excludes halogenated alkanes) is 1. The zero-order chi connectivity index (χ0) is 34.9. The van der Waals surface area contributed by atoms with Gasteiger partial charge in [0.2, 0.25) is 0 Å². The van der Waals surface area contributed by atoms with Crippen LogP contribution in [0, 0.1) is 21.4 Å². The van der Waals surface area contributed by atoms with Crippen molar-refractivity contribution in [3.8, 4) is 11.8 Å². The van der Waals surface area contributed by atoms with Gasteiger partial charge in [-0.1, -0.05) is 30.3 Å². The number of esters is 2. The highest BCUT2D eigenvalue weighted by molar-refractivity contribution is 6.00. The Balaban J connectivity index is 1.39. The zero-order valence-corrected chi connectivity index (χ0v) is 26.7. The number of amides is 1. The average Bonchev–Trinajstić information content (AvgIpc) is 3.09. The zero-order valence-electron chi connectivity index (χ0n) is 26.7. The molecular formula is C33H39N5O10. The molecule has 2 aromatic rings. The molecule has 0 radical (unpaired) electrons. The molecule has 15 nitrogen and oxygen atoms in total. The van der Waals surface area contributed by atoms with Gasteiger partial charge in [-0.3, -0.25) is 10.1 Å². The number of alkyl carbamates (subject to hydrolysis) is 1. The van der Waals surface area contributed by atoms with Crippen molar-refractivity contribution in [1.82, 2.24) is 16.0 Å². The van der Waals surface area contributed by atoms with E-state index in [0.717, 1.165) is 7.11 Å². The molecule has 0 bridgehead atoms. The quantitative estimate of drug-likeness (QED) is 0.0594. The maximum atomic E-state index is 13.3. The van der Waals surface area contributed by atoms with Crippen molar-refractivity contribution in [2.24, 2.45) is 0 Å². The Bertz CT molecular complexity index is 1540. The summed E-state index contributed by atoms with van der Waals surface area (Å²) in [4.78, 5) is 48.8. The van der Waals surface area contributed by atoms with Crippen molar-refractivity contribution in [2.75, 3.05) is 46.6 Å². The van der Waals surface area contributed by atoms with Gasteiger partial charge in [-0.25, -0.2) is 14.4 Å². The van der Waals surface area contributed by atoms with Gasteiger partial charge < -0.3 is 40.0 Å². The molecule has 0 saturated heterocycles. The van der Waals surface area contributed by atoms with E-state index in [-0.39, 0.29) is 53.6 Å². The summed E-state index contributed by atoms with van der Waals surface area (Å²) in [6.07, 6.45) is 0.0854. The number of dihydropyridines is 1. The average molecular weight is 666 g/mol. The van der Waals surface area contributed by atoms with Gasteiger partial charge >= 0.3 is 18.0 Å². The van der Waals surface area contributed by atoms with Gasteiger partial charge in [-0.15, -0.1) is 0 Å². The number of carbonyl (C=O) groups is 3. The summed E-state index contributed by atoms with van der Waals surface area (Å²) >= 11 is 0. The first-order chi connectivity index (χ1) is 23.2. The number of aliphatic hydroxyl groups is 1. The predicted octanol–water partition coefficient (Wildman–Crippen LogP) is 2.98. The van der Waals surface area contributed by atoms with Crippen LogP contribution in [0.1, 0.15) is 37.7 Å². The van der Waals surface area contributed by atoms with Crippen LogP contribution in [0.3, 0.4) is 0 Å². The maximum absolute atomic E-state index is 13.3. The van der Waals surface area contributed by atoms with Crippen LogP contribution in [-0.2, 0) is 23.8 Å². The fourth-order valence-electron chi connectivity index (χ4n) is 4.77. The van der Waals surface area contributed by atoms with Crippen molar-refractivity contribution in [1.29, 1.82) is 5.26 Å². The fraction of sp³-hybridized carbons (Fsp3) is 0.394. The number of nitro groups is 1. The molecule has 2 unspecified atom stereocenters. The number of ether oxygens (including phenoxy) is 4. The Kier molecular flexibility index (Phi) is 14.8. The molecular weight excluding hydrogens is 626 g/mol. The molecule has 2 aromatic carbocycles. The van der Waals surface area contributed by atoms with Crippen LogP contribution in [0.2, 0.25) is 0 Å². The molecule has 1 aliphatic rings. The summed E-state index contributed by atoms with van der Waals surface area (Å²) in [6.45, 7) is 3.00. The lowest BCUT2D eigenvalue weighted by Gasteiger charge is -2.29. The van der Waals surface area contributed by atoms with Crippen molar-refractivity contribution in [2.45, 2.75) is 38.2 Å². The summed E-state index contributed by atoms with van der Waals surface area (Å²) in [5.41, 5.74) is -0.132. The van der Waals surface area contributed by atoms with Crippen LogP contribution in [0.15, 0.2) is 77.1 Å². The first kappa shape index (κ1) is 37.0. The van der Waals surface area contributed by atoms with E-state index >= 15 is 0 Å². The van der Waals surface area contributed by atoms with E-state index < -0.39 is 35.0 Å². The van der Waals surface area contributed by atoms with Crippen LogP contribution in [0.5, 0.6) is 5.75 Å². The minimum atomic E-state index is -1.17. The Morgan fingerprint density at radius 2 is 1.75 bits per heavy atom. The number of nitrogens with zero attached hydrogens (tertiary/aromatic N) is 2. The largest absolute Gasteiger partial charge is 0.491 e. The van der Waals surface area contributed by atoms with Crippen LogP contribution in [0.25, 0.3) is 0 Å². The number of allylic oxidation sites excluding steroid dienone is 2. The molecule has 256 valence electrons. The molecule has 48 heavy (non-hydrogen) atoms. The highest BCUT2D eigenvalue weighted by atomic mass is 16.6. The second-order valence-corrected chi connectivity index (χ2v) is 10.6. The van der Waals surface area contributed by atoms with Gasteiger partial charge in [0.25, 0.3) is 5.69 Å². The topological polar surface area (TPSA) is 211 Å². The van der Waals surface area contributed by atoms with Gasteiger partial charge in [0.05, 0.1) is 42.3 Å².